The van der Waals surface area contributed by atoms with Gasteiger partial charge in [0, 0.05) is 5.56 Å². The van der Waals surface area contributed by atoms with Gasteiger partial charge in [0.1, 0.15) is 0 Å². The Hall–Kier alpha value is -0.390. The molecule has 0 N–H and O–H groups in total. The summed E-state index contributed by atoms with van der Waals surface area (Å²) in [5.41, 5.74) is 0.541. The second-order valence-electron chi connectivity index (χ2n) is 1.64. The van der Waals surface area contributed by atoms with Crippen LogP contribution < -0.4 is 0 Å². The van der Waals surface area contributed by atoms with Crippen LogP contribution in [-0.4, -0.2) is 6.29 Å². The average Bonchev–Trinajstić information content (AvgIpc) is 1.89. The molecule has 3 heteroatoms. The number of carbonyl (C=O) groups is 1. The van der Waals surface area contributed by atoms with E-state index in [1.807, 2.05) is 0 Å². The number of rotatable bonds is 1. The Kier molecular flexibility index (Phi) is 4.26. The van der Waals surface area contributed by atoms with Crippen molar-refractivity contribution in [3.05, 3.63) is 34.9 Å². The van der Waals surface area contributed by atoms with Crippen molar-refractivity contribution >= 4 is 27.8 Å². The Labute approximate surface area is 68.0 Å². The minimum atomic E-state index is 0. The molecular weight excluding hydrogens is 167 g/mol. The van der Waals surface area contributed by atoms with Gasteiger partial charge < -0.3 is 0 Å². The number of hydrogen-bond donors (Lipinski definition) is 0. The van der Waals surface area contributed by atoms with Gasteiger partial charge in [-0.15, -0.1) is 0 Å². The molecule has 1 nitrogen and oxygen atoms in total. The van der Waals surface area contributed by atoms with Crippen molar-refractivity contribution in [2.75, 3.05) is 0 Å². The zero-order valence-corrected chi connectivity index (χ0v) is 7.55. The molecule has 1 atom stereocenters. The van der Waals surface area contributed by atoms with Gasteiger partial charge in [0.05, 0.1) is 5.02 Å². The second kappa shape index (κ2) is 4.43. The largest absolute Gasteiger partial charge is 0.298 e. The molecule has 0 fully saturated rings. The molecule has 0 aliphatic heterocycles. The van der Waals surface area contributed by atoms with Crippen LogP contribution in [-0.2, 0) is 0 Å². The minimum absolute atomic E-state index is 0. The number of carbonyl (C=O) groups excluding carboxylic acids is 1. The van der Waals surface area contributed by atoms with E-state index in [-0.39, 0.29) is 9.90 Å². The molecule has 0 saturated heterocycles. The number of halogens is 1. The topological polar surface area (TPSA) is 17.1 Å². The average molecular weight is 175 g/mol. The molecule has 1 aromatic carbocycles. The molecule has 0 aliphatic rings. The first-order valence-corrected chi connectivity index (χ1v) is 2.92. The van der Waals surface area contributed by atoms with Crippen molar-refractivity contribution in [2.45, 2.75) is 0 Å². The Morgan fingerprint density at radius 3 is 2.30 bits per heavy atom. The van der Waals surface area contributed by atoms with E-state index in [1.54, 1.807) is 24.3 Å². The van der Waals surface area contributed by atoms with Crippen LogP contribution in [0.25, 0.3) is 0 Å². The fourth-order valence-corrected chi connectivity index (χ4v) is 0.751. The molecule has 1 rings (SSSR count). The first-order chi connectivity index (χ1) is 4.34. The molecule has 0 aliphatic carbocycles. The SMILES string of the molecule is O=Cc1ccccc1Cl.P. The normalized spacial score (nSPS) is 8.10. The van der Waals surface area contributed by atoms with Crippen molar-refractivity contribution in [3.8, 4) is 0 Å². The molecule has 0 amide bonds. The maximum atomic E-state index is 10.1. The molecule has 0 spiro atoms. The van der Waals surface area contributed by atoms with Gasteiger partial charge >= 0.3 is 0 Å². The summed E-state index contributed by atoms with van der Waals surface area (Å²) in [7, 11) is 0. The highest BCUT2D eigenvalue weighted by atomic mass is 35.5. The van der Waals surface area contributed by atoms with E-state index >= 15 is 0 Å². The molecular formula is C7H8ClOP. The van der Waals surface area contributed by atoms with Crippen molar-refractivity contribution in [1.29, 1.82) is 0 Å². The van der Waals surface area contributed by atoms with Crippen LogP contribution in [0.4, 0.5) is 0 Å². The summed E-state index contributed by atoms with van der Waals surface area (Å²) < 4.78 is 0. The van der Waals surface area contributed by atoms with Crippen molar-refractivity contribution in [2.24, 2.45) is 0 Å². The van der Waals surface area contributed by atoms with Crippen molar-refractivity contribution in [1.82, 2.24) is 0 Å². The fraction of sp³-hybridized carbons (Fsp3) is 0. The zero-order valence-electron chi connectivity index (χ0n) is 5.38. The standard InChI is InChI=1S/C7H5ClO.H3P/c8-7-4-2-1-3-6(7)5-9;/h1-5H;1H3. The van der Waals surface area contributed by atoms with Crippen molar-refractivity contribution in [3.63, 3.8) is 0 Å². The van der Waals surface area contributed by atoms with Crippen LogP contribution in [0.3, 0.4) is 0 Å². The molecule has 1 aromatic rings. The Morgan fingerprint density at radius 2 is 1.90 bits per heavy atom. The Balaban J connectivity index is 0.000000810. The summed E-state index contributed by atoms with van der Waals surface area (Å²) >= 11 is 5.59. The monoisotopic (exact) mass is 174 g/mol. The van der Waals surface area contributed by atoms with Gasteiger partial charge in [0.15, 0.2) is 6.29 Å². The lowest BCUT2D eigenvalue weighted by Crippen LogP contribution is -1.77. The van der Waals surface area contributed by atoms with E-state index in [2.05, 4.69) is 0 Å². The van der Waals surface area contributed by atoms with E-state index < -0.39 is 0 Å². The van der Waals surface area contributed by atoms with Crippen LogP contribution in [0, 0.1) is 0 Å². The van der Waals surface area contributed by atoms with Gasteiger partial charge in [-0.25, -0.2) is 0 Å². The third kappa shape index (κ3) is 2.09. The first-order valence-electron chi connectivity index (χ1n) is 2.54. The lowest BCUT2D eigenvalue weighted by molar-refractivity contribution is 0.112. The third-order valence-corrected chi connectivity index (χ3v) is 1.38. The van der Waals surface area contributed by atoms with Gasteiger partial charge in [-0.05, 0) is 6.07 Å². The zero-order chi connectivity index (χ0) is 6.69. The summed E-state index contributed by atoms with van der Waals surface area (Å²) in [5, 5.41) is 0.507. The van der Waals surface area contributed by atoms with Gasteiger partial charge in [-0.2, -0.15) is 9.90 Å². The smallest absolute Gasteiger partial charge is 0.151 e. The minimum Gasteiger partial charge on any atom is -0.298 e. The fourth-order valence-electron chi connectivity index (χ4n) is 0.571. The summed E-state index contributed by atoms with van der Waals surface area (Å²) in [6.45, 7) is 0. The molecule has 10 heavy (non-hydrogen) atoms. The van der Waals surface area contributed by atoms with Crippen LogP contribution >= 0.6 is 21.5 Å². The highest BCUT2D eigenvalue weighted by Gasteiger charge is 1.92. The highest BCUT2D eigenvalue weighted by molar-refractivity contribution is 6.92. The molecule has 54 valence electrons. The molecule has 0 bridgehead atoms. The number of benzene rings is 1. The van der Waals surface area contributed by atoms with Crippen LogP contribution in [0.15, 0.2) is 24.3 Å². The summed E-state index contributed by atoms with van der Waals surface area (Å²) in [6, 6.07) is 6.92. The number of aldehydes is 1. The number of hydrogen-bond acceptors (Lipinski definition) is 1. The van der Waals surface area contributed by atoms with Crippen LogP contribution in [0.2, 0.25) is 5.02 Å². The molecule has 0 heterocycles. The summed E-state index contributed by atoms with van der Waals surface area (Å²) in [5.74, 6) is 0. The lowest BCUT2D eigenvalue weighted by Gasteiger charge is -1.90. The van der Waals surface area contributed by atoms with Crippen LogP contribution in [0.1, 0.15) is 10.4 Å². The maximum Gasteiger partial charge on any atom is 0.151 e. The highest BCUT2D eigenvalue weighted by Crippen LogP contribution is 2.11. The molecule has 0 saturated carbocycles. The Bertz CT molecular complexity index is 225. The molecule has 0 aromatic heterocycles. The van der Waals surface area contributed by atoms with Crippen molar-refractivity contribution < 1.29 is 4.79 Å². The second-order valence-corrected chi connectivity index (χ2v) is 2.05. The van der Waals surface area contributed by atoms with E-state index in [0.29, 0.717) is 10.6 Å². The predicted octanol–water partition coefficient (Wildman–Crippen LogP) is 2.21. The lowest BCUT2D eigenvalue weighted by atomic mass is 10.2. The van der Waals surface area contributed by atoms with Gasteiger partial charge in [0.2, 0.25) is 0 Å². The third-order valence-electron chi connectivity index (χ3n) is 1.03. The van der Waals surface area contributed by atoms with E-state index in [4.69, 9.17) is 11.6 Å². The first kappa shape index (κ1) is 9.61. The van der Waals surface area contributed by atoms with E-state index in [9.17, 15) is 4.79 Å². The van der Waals surface area contributed by atoms with Gasteiger partial charge in [-0.1, -0.05) is 29.8 Å². The van der Waals surface area contributed by atoms with Gasteiger partial charge in [-0.3, -0.25) is 4.79 Å². The van der Waals surface area contributed by atoms with Gasteiger partial charge in [0.25, 0.3) is 0 Å². The van der Waals surface area contributed by atoms with E-state index in [0.717, 1.165) is 6.29 Å². The van der Waals surface area contributed by atoms with Crippen LogP contribution in [0.5, 0.6) is 0 Å². The molecule has 0 radical (unpaired) electrons. The molecule has 1 unspecified atom stereocenters. The summed E-state index contributed by atoms with van der Waals surface area (Å²) in [6.07, 6.45) is 0.738. The Morgan fingerprint density at radius 1 is 1.30 bits per heavy atom. The quantitative estimate of drug-likeness (QED) is 0.471. The maximum absolute atomic E-state index is 10.1. The predicted molar refractivity (Wildman–Crippen MR) is 47.9 cm³/mol. The van der Waals surface area contributed by atoms with E-state index in [1.165, 1.54) is 0 Å². The summed E-state index contributed by atoms with van der Waals surface area (Å²) in [4.78, 5) is 10.1.